The Labute approximate surface area is 108 Å². The largest absolute Gasteiger partial charge is 0.492 e. The number of rotatable bonds is 6. The van der Waals surface area contributed by atoms with Gasteiger partial charge in [-0.2, -0.15) is 5.26 Å². The summed E-state index contributed by atoms with van der Waals surface area (Å²) in [4.78, 5) is 2.06. The van der Waals surface area contributed by atoms with E-state index in [0.717, 1.165) is 6.26 Å². The molecule has 0 bridgehead atoms. The normalized spacial score (nSPS) is 11.2. The first-order valence-corrected chi connectivity index (χ1v) is 7.31. The van der Waals surface area contributed by atoms with Crippen LogP contribution in [-0.4, -0.2) is 46.3 Å². The highest BCUT2D eigenvalue weighted by molar-refractivity contribution is 7.90. The molecule has 0 aliphatic rings. The van der Waals surface area contributed by atoms with Crippen LogP contribution in [0.4, 0.5) is 0 Å². The maximum Gasteiger partial charge on any atom is 0.175 e. The molecular formula is C12H16N2O3S. The Kier molecular flexibility index (Phi) is 5.13. The molecule has 0 saturated heterocycles. The molecule has 0 aliphatic heterocycles. The molecule has 1 aromatic rings. The van der Waals surface area contributed by atoms with Crippen LogP contribution in [0.15, 0.2) is 29.2 Å². The second-order valence-electron chi connectivity index (χ2n) is 3.99. The molecular weight excluding hydrogens is 252 g/mol. The van der Waals surface area contributed by atoms with E-state index < -0.39 is 9.84 Å². The van der Waals surface area contributed by atoms with Crippen molar-refractivity contribution in [1.82, 2.24) is 4.90 Å². The molecule has 0 radical (unpaired) electrons. The summed E-state index contributed by atoms with van der Waals surface area (Å²) in [5.74, 6) is 0.517. The Balaban J connectivity index is 2.57. The fraction of sp³-hybridized carbons (Fsp3) is 0.417. The molecule has 5 nitrogen and oxygen atoms in total. The third kappa shape index (κ3) is 4.73. The van der Waals surface area contributed by atoms with Gasteiger partial charge in [0, 0.05) is 12.8 Å². The minimum absolute atomic E-state index is 0.241. The Bertz CT molecular complexity index is 534. The minimum atomic E-state index is -3.21. The SMILES string of the molecule is CN(CC#N)CCOc1cccc(S(C)(=O)=O)c1. The summed E-state index contributed by atoms with van der Waals surface area (Å²) in [7, 11) is -1.39. The lowest BCUT2D eigenvalue weighted by molar-refractivity contribution is 0.250. The van der Waals surface area contributed by atoms with Crippen molar-refractivity contribution in [3.8, 4) is 11.8 Å². The first-order valence-electron chi connectivity index (χ1n) is 5.42. The standard InChI is InChI=1S/C12H16N2O3S/c1-14(7-6-13)8-9-17-11-4-3-5-12(10-11)18(2,15)16/h3-5,10H,7-9H2,1-2H3. The van der Waals surface area contributed by atoms with Gasteiger partial charge in [-0.3, -0.25) is 4.90 Å². The number of hydrogen-bond acceptors (Lipinski definition) is 5. The summed E-state index contributed by atoms with van der Waals surface area (Å²) in [5, 5.41) is 8.48. The third-order valence-electron chi connectivity index (χ3n) is 2.32. The number of ether oxygens (including phenoxy) is 1. The number of nitriles is 1. The maximum absolute atomic E-state index is 11.4. The maximum atomic E-state index is 11.4. The summed E-state index contributed by atoms with van der Waals surface area (Å²) >= 11 is 0. The smallest absolute Gasteiger partial charge is 0.175 e. The van der Waals surface area contributed by atoms with E-state index in [4.69, 9.17) is 10.00 Å². The molecule has 0 aliphatic carbocycles. The molecule has 0 unspecified atom stereocenters. The van der Waals surface area contributed by atoms with E-state index >= 15 is 0 Å². The predicted octanol–water partition coefficient (Wildman–Crippen LogP) is 0.924. The van der Waals surface area contributed by atoms with Crippen molar-refractivity contribution in [1.29, 1.82) is 5.26 Å². The summed E-state index contributed by atoms with van der Waals surface area (Å²) in [6.45, 7) is 1.36. The van der Waals surface area contributed by atoms with E-state index in [2.05, 4.69) is 0 Å². The first-order chi connectivity index (χ1) is 8.43. The molecule has 0 spiro atoms. The van der Waals surface area contributed by atoms with Gasteiger partial charge < -0.3 is 4.74 Å². The molecule has 0 heterocycles. The highest BCUT2D eigenvalue weighted by atomic mass is 32.2. The molecule has 98 valence electrons. The number of benzene rings is 1. The number of likely N-dealkylation sites (N-methyl/N-ethyl adjacent to an activating group) is 1. The van der Waals surface area contributed by atoms with Gasteiger partial charge in [0.1, 0.15) is 12.4 Å². The number of hydrogen-bond donors (Lipinski definition) is 0. The van der Waals surface area contributed by atoms with Gasteiger partial charge in [0.25, 0.3) is 0 Å². The van der Waals surface area contributed by atoms with Crippen LogP contribution < -0.4 is 4.74 Å². The van der Waals surface area contributed by atoms with Gasteiger partial charge >= 0.3 is 0 Å². The van der Waals surface area contributed by atoms with Gasteiger partial charge in [0.2, 0.25) is 0 Å². The van der Waals surface area contributed by atoms with Crippen molar-refractivity contribution in [3.63, 3.8) is 0 Å². The number of nitrogens with zero attached hydrogens (tertiary/aromatic N) is 2. The fourth-order valence-corrected chi connectivity index (χ4v) is 1.97. The first kappa shape index (κ1) is 14.5. The second kappa shape index (κ2) is 6.38. The van der Waals surface area contributed by atoms with E-state index in [1.165, 1.54) is 12.1 Å². The molecule has 0 N–H and O–H groups in total. The highest BCUT2D eigenvalue weighted by Crippen LogP contribution is 2.17. The van der Waals surface area contributed by atoms with Crippen molar-refractivity contribution in [2.24, 2.45) is 0 Å². The Hall–Kier alpha value is -1.58. The summed E-state index contributed by atoms with van der Waals surface area (Å²) < 4.78 is 28.1. The van der Waals surface area contributed by atoms with Crippen molar-refractivity contribution >= 4 is 9.84 Å². The van der Waals surface area contributed by atoms with E-state index in [0.29, 0.717) is 25.4 Å². The summed E-state index contributed by atoms with van der Waals surface area (Å²) in [5.41, 5.74) is 0. The van der Waals surface area contributed by atoms with Crippen LogP contribution in [0.5, 0.6) is 5.75 Å². The Morgan fingerprint density at radius 3 is 2.78 bits per heavy atom. The van der Waals surface area contributed by atoms with Crippen LogP contribution in [0, 0.1) is 11.3 Å². The molecule has 0 amide bonds. The van der Waals surface area contributed by atoms with Crippen molar-refractivity contribution < 1.29 is 13.2 Å². The van der Waals surface area contributed by atoms with Gasteiger partial charge in [-0.1, -0.05) is 6.07 Å². The number of sulfone groups is 1. The zero-order valence-corrected chi connectivity index (χ0v) is 11.3. The molecule has 18 heavy (non-hydrogen) atoms. The lowest BCUT2D eigenvalue weighted by Crippen LogP contribution is -2.24. The van der Waals surface area contributed by atoms with Crippen molar-refractivity contribution in [3.05, 3.63) is 24.3 Å². The minimum Gasteiger partial charge on any atom is -0.492 e. The molecule has 6 heteroatoms. The van der Waals surface area contributed by atoms with Crippen molar-refractivity contribution in [2.75, 3.05) is 33.0 Å². The zero-order valence-electron chi connectivity index (χ0n) is 10.5. The van der Waals surface area contributed by atoms with Gasteiger partial charge in [0.05, 0.1) is 17.5 Å². The molecule has 0 atom stereocenters. The van der Waals surface area contributed by atoms with Gasteiger partial charge in [-0.25, -0.2) is 8.42 Å². The quantitative estimate of drug-likeness (QED) is 0.718. The average molecular weight is 268 g/mol. The van der Waals surface area contributed by atoms with Crippen LogP contribution in [0.1, 0.15) is 0 Å². The third-order valence-corrected chi connectivity index (χ3v) is 3.43. The lowest BCUT2D eigenvalue weighted by Gasteiger charge is -2.13. The van der Waals surface area contributed by atoms with E-state index in [9.17, 15) is 8.42 Å². The van der Waals surface area contributed by atoms with Crippen LogP contribution in [-0.2, 0) is 9.84 Å². The zero-order chi connectivity index (χ0) is 13.6. The monoisotopic (exact) mass is 268 g/mol. The predicted molar refractivity (Wildman–Crippen MR) is 68.2 cm³/mol. The van der Waals surface area contributed by atoms with E-state index in [1.807, 2.05) is 18.0 Å². The Morgan fingerprint density at radius 2 is 2.17 bits per heavy atom. The van der Waals surface area contributed by atoms with Crippen molar-refractivity contribution in [2.45, 2.75) is 4.90 Å². The van der Waals surface area contributed by atoms with Crippen LogP contribution >= 0.6 is 0 Å². The lowest BCUT2D eigenvalue weighted by atomic mass is 10.3. The molecule has 1 rings (SSSR count). The molecule has 0 saturated carbocycles. The van der Waals surface area contributed by atoms with Crippen LogP contribution in [0.2, 0.25) is 0 Å². The molecule has 1 aromatic carbocycles. The summed E-state index contributed by atoms with van der Waals surface area (Å²) in [6.07, 6.45) is 1.16. The summed E-state index contributed by atoms with van der Waals surface area (Å²) in [6, 6.07) is 8.42. The highest BCUT2D eigenvalue weighted by Gasteiger charge is 2.07. The van der Waals surface area contributed by atoms with E-state index in [-0.39, 0.29) is 4.90 Å². The molecule has 0 fully saturated rings. The van der Waals surface area contributed by atoms with Gasteiger partial charge in [-0.15, -0.1) is 0 Å². The second-order valence-corrected chi connectivity index (χ2v) is 6.01. The average Bonchev–Trinajstić information content (AvgIpc) is 2.29. The van der Waals surface area contributed by atoms with Crippen LogP contribution in [0.3, 0.4) is 0 Å². The van der Waals surface area contributed by atoms with E-state index in [1.54, 1.807) is 12.1 Å². The topological polar surface area (TPSA) is 70.4 Å². The molecule has 0 aromatic heterocycles. The van der Waals surface area contributed by atoms with Gasteiger partial charge in [-0.05, 0) is 25.2 Å². The fourth-order valence-electron chi connectivity index (χ4n) is 1.31. The Morgan fingerprint density at radius 1 is 1.44 bits per heavy atom. The van der Waals surface area contributed by atoms with Gasteiger partial charge in [0.15, 0.2) is 9.84 Å². The van der Waals surface area contributed by atoms with Crippen LogP contribution in [0.25, 0.3) is 0 Å².